The predicted molar refractivity (Wildman–Crippen MR) is 103 cm³/mol. The third kappa shape index (κ3) is 2.83. The highest BCUT2D eigenvalue weighted by molar-refractivity contribution is 9.10. The van der Waals surface area contributed by atoms with Crippen LogP contribution in [0.5, 0.6) is 0 Å². The minimum Gasteiger partial charge on any atom is -0.401 e. The number of hydrogen-bond acceptors (Lipinski definition) is 5. The first kappa shape index (κ1) is 16.9. The molecule has 4 rings (SSSR count). The molecule has 1 aromatic carbocycles. The Morgan fingerprint density at radius 3 is 2.81 bits per heavy atom. The lowest BCUT2D eigenvalue weighted by Gasteiger charge is -2.08. The van der Waals surface area contributed by atoms with Gasteiger partial charge in [0.1, 0.15) is 10.3 Å². The lowest BCUT2D eigenvalue weighted by atomic mass is 10.1. The zero-order valence-corrected chi connectivity index (χ0v) is 16.2. The summed E-state index contributed by atoms with van der Waals surface area (Å²) in [5.41, 5.74) is 2.49. The average Bonchev–Trinajstić information content (AvgIpc) is 2.97. The summed E-state index contributed by atoms with van der Waals surface area (Å²) in [5, 5.41) is 5.22. The van der Waals surface area contributed by atoms with E-state index in [1.54, 1.807) is 30.5 Å². The molecule has 0 aliphatic carbocycles. The second-order valence-corrected chi connectivity index (χ2v) is 7.08. The molecule has 0 spiro atoms. The summed E-state index contributed by atoms with van der Waals surface area (Å²) < 4.78 is 7.52. The third-order valence-corrected chi connectivity index (χ3v) is 4.59. The van der Waals surface area contributed by atoms with E-state index in [1.165, 1.54) is 4.68 Å². The number of hydrogen-bond donors (Lipinski definition) is 0. The summed E-state index contributed by atoms with van der Waals surface area (Å²) >= 11 is 9.59. The Hall–Kier alpha value is -2.51. The van der Waals surface area contributed by atoms with Crippen molar-refractivity contribution < 1.29 is 4.42 Å². The van der Waals surface area contributed by atoms with E-state index >= 15 is 0 Å². The minimum absolute atomic E-state index is 0.148. The Morgan fingerprint density at radius 1 is 1.23 bits per heavy atom. The van der Waals surface area contributed by atoms with E-state index < -0.39 is 5.63 Å². The molecule has 0 unspecified atom stereocenters. The second kappa shape index (κ2) is 6.34. The number of aryl methyl sites for hydroxylation is 2. The van der Waals surface area contributed by atoms with Crippen molar-refractivity contribution in [3.05, 3.63) is 67.7 Å². The van der Waals surface area contributed by atoms with Crippen LogP contribution in [0.15, 0.2) is 50.3 Å². The fraction of sp³-hybridized carbons (Fsp3) is 0.111. The van der Waals surface area contributed by atoms with Gasteiger partial charge in [-0.3, -0.25) is 0 Å². The van der Waals surface area contributed by atoms with Gasteiger partial charge in [-0.25, -0.2) is 19.4 Å². The summed E-state index contributed by atoms with van der Waals surface area (Å²) in [4.78, 5) is 21.3. The van der Waals surface area contributed by atoms with Gasteiger partial charge in [0.2, 0.25) is 5.89 Å². The van der Waals surface area contributed by atoms with E-state index in [9.17, 15) is 4.79 Å². The van der Waals surface area contributed by atoms with Crippen LogP contribution < -0.4 is 5.63 Å². The molecule has 0 aliphatic rings. The highest BCUT2D eigenvalue weighted by Gasteiger charge is 2.19. The van der Waals surface area contributed by atoms with Gasteiger partial charge in [0.25, 0.3) is 0 Å². The molecule has 4 aromatic rings. The normalized spacial score (nSPS) is 11.2. The molecule has 0 fully saturated rings. The number of benzene rings is 1. The SMILES string of the molecule is Cc1cc(C)c2nc(-c3cc(Br)nn3-c3ncccc3Cl)oc(=O)c2c1. The third-order valence-electron chi connectivity index (χ3n) is 3.91. The summed E-state index contributed by atoms with van der Waals surface area (Å²) in [6.45, 7) is 3.84. The highest BCUT2D eigenvalue weighted by atomic mass is 79.9. The van der Waals surface area contributed by atoms with E-state index in [0.717, 1.165) is 11.1 Å². The molecular weight excluding hydrogens is 420 g/mol. The molecule has 0 N–H and O–H groups in total. The number of aromatic nitrogens is 4. The van der Waals surface area contributed by atoms with Crippen LogP contribution >= 0.6 is 27.5 Å². The number of fused-ring (bicyclic) bond motifs is 1. The Kier molecular flexibility index (Phi) is 4.13. The van der Waals surface area contributed by atoms with Crippen LogP contribution in [0.3, 0.4) is 0 Å². The van der Waals surface area contributed by atoms with Gasteiger partial charge < -0.3 is 4.42 Å². The molecular formula is C18H12BrClN4O2. The van der Waals surface area contributed by atoms with Gasteiger partial charge in [0.15, 0.2) is 5.82 Å². The number of pyridine rings is 1. The number of rotatable bonds is 2. The van der Waals surface area contributed by atoms with Gasteiger partial charge in [-0.05, 0) is 59.1 Å². The molecule has 0 radical (unpaired) electrons. The first-order valence-electron chi connectivity index (χ1n) is 7.73. The van der Waals surface area contributed by atoms with Crippen molar-refractivity contribution >= 4 is 38.4 Å². The largest absolute Gasteiger partial charge is 0.401 e. The zero-order valence-electron chi connectivity index (χ0n) is 13.8. The van der Waals surface area contributed by atoms with Crippen molar-refractivity contribution in [3.63, 3.8) is 0 Å². The first-order chi connectivity index (χ1) is 12.4. The molecule has 0 saturated carbocycles. The summed E-state index contributed by atoms with van der Waals surface area (Å²) in [5.74, 6) is 0.564. The van der Waals surface area contributed by atoms with Crippen LogP contribution in [0.25, 0.3) is 28.3 Å². The fourth-order valence-electron chi connectivity index (χ4n) is 2.84. The average molecular weight is 432 g/mol. The van der Waals surface area contributed by atoms with Crippen molar-refractivity contribution in [1.29, 1.82) is 0 Å². The fourth-order valence-corrected chi connectivity index (χ4v) is 3.42. The Labute approximate surface area is 161 Å². The van der Waals surface area contributed by atoms with E-state index in [0.29, 0.717) is 32.0 Å². The second-order valence-electron chi connectivity index (χ2n) is 5.86. The van der Waals surface area contributed by atoms with Gasteiger partial charge in [-0.2, -0.15) is 5.10 Å². The zero-order chi connectivity index (χ0) is 18.4. The topological polar surface area (TPSA) is 73.8 Å². The molecule has 6 nitrogen and oxygen atoms in total. The predicted octanol–water partition coefficient (Wildman–Crippen LogP) is 4.47. The van der Waals surface area contributed by atoms with Gasteiger partial charge in [0, 0.05) is 12.3 Å². The molecule has 3 heterocycles. The van der Waals surface area contributed by atoms with E-state index in [-0.39, 0.29) is 5.89 Å². The maximum atomic E-state index is 12.5. The van der Waals surface area contributed by atoms with Crippen LogP contribution in [0.1, 0.15) is 11.1 Å². The van der Waals surface area contributed by atoms with Crippen molar-refractivity contribution in [3.8, 4) is 17.4 Å². The molecule has 8 heteroatoms. The highest BCUT2D eigenvalue weighted by Crippen LogP contribution is 2.28. The number of nitrogens with zero attached hydrogens (tertiary/aromatic N) is 4. The van der Waals surface area contributed by atoms with Gasteiger partial charge in [-0.15, -0.1) is 0 Å². The van der Waals surface area contributed by atoms with Gasteiger partial charge in [0.05, 0.1) is 15.9 Å². The smallest absolute Gasteiger partial charge is 0.347 e. The molecule has 0 saturated heterocycles. The van der Waals surface area contributed by atoms with Crippen molar-refractivity contribution in [2.24, 2.45) is 0 Å². The molecule has 130 valence electrons. The summed E-state index contributed by atoms with van der Waals surface area (Å²) in [6, 6.07) is 8.88. The Balaban J connectivity index is 2.01. The maximum Gasteiger partial charge on any atom is 0.347 e. The van der Waals surface area contributed by atoms with Crippen molar-refractivity contribution in [1.82, 2.24) is 19.7 Å². The maximum absolute atomic E-state index is 12.5. The molecule has 0 bridgehead atoms. The van der Waals surface area contributed by atoms with E-state index in [4.69, 9.17) is 16.0 Å². The van der Waals surface area contributed by atoms with Crippen LogP contribution in [-0.2, 0) is 0 Å². The van der Waals surface area contributed by atoms with Crippen LogP contribution in [0, 0.1) is 13.8 Å². The standard InChI is InChI=1S/C18H12BrClN4O2/c1-9-6-10(2)15-11(7-9)18(25)26-17(22-15)13-8-14(19)23-24(13)16-12(20)4-3-5-21-16/h3-8H,1-2H3. The van der Waals surface area contributed by atoms with Crippen molar-refractivity contribution in [2.45, 2.75) is 13.8 Å². The molecule has 3 aromatic heterocycles. The molecule has 0 amide bonds. The quantitative estimate of drug-likeness (QED) is 0.468. The minimum atomic E-state index is -0.451. The Morgan fingerprint density at radius 2 is 2.04 bits per heavy atom. The lowest BCUT2D eigenvalue weighted by molar-refractivity contribution is 0.513. The number of halogens is 2. The lowest BCUT2D eigenvalue weighted by Crippen LogP contribution is -2.08. The molecule has 0 aliphatic heterocycles. The van der Waals surface area contributed by atoms with Gasteiger partial charge in [-0.1, -0.05) is 17.7 Å². The monoisotopic (exact) mass is 430 g/mol. The first-order valence-corrected chi connectivity index (χ1v) is 8.90. The van der Waals surface area contributed by atoms with Crippen LogP contribution in [0.4, 0.5) is 0 Å². The van der Waals surface area contributed by atoms with E-state index in [1.807, 2.05) is 19.9 Å². The molecule has 26 heavy (non-hydrogen) atoms. The van der Waals surface area contributed by atoms with Gasteiger partial charge >= 0.3 is 5.63 Å². The van der Waals surface area contributed by atoms with Crippen LogP contribution in [-0.4, -0.2) is 19.7 Å². The Bertz CT molecular complexity index is 1220. The van der Waals surface area contributed by atoms with Crippen LogP contribution in [0.2, 0.25) is 5.02 Å². The summed E-state index contributed by atoms with van der Waals surface area (Å²) in [7, 11) is 0. The molecule has 0 atom stereocenters. The summed E-state index contributed by atoms with van der Waals surface area (Å²) in [6.07, 6.45) is 1.61. The van der Waals surface area contributed by atoms with Crippen molar-refractivity contribution in [2.75, 3.05) is 0 Å². The van der Waals surface area contributed by atoms with E-state index in [2.05, 4.69) is 31.0 Å².